The van der Waals surface area contributed by atoms with Crippen LogP contribution in [0.2, 0.25) is 0 Å². The van der Waals surface area contributed by atoms with E-state index in [9.17, 15) is 4.79 Å². The first kappa shape index (κ1) is 7.03. The molecule has 0 aliphatic rings. The lowest BCUT2D eigenvalue weighted by Gasteiger charge is -1.96. The Bertz CT molecular complexity index is 431. The summed E-state index contributed by atoms with van der Waals surface area (Å²) >= 11 is 0. The Hall–Kier alpha value is -1.64. The van der Waals surface area contributed by atoms with Crippen molar-refractivity contribution < 1.29 is 4.79 Å². The van der Waals surface area contributed by atoms with E-state index < -0.39 is 0 Å². The highest BCUT2D eigenvalue weighted by Crippen LogP contribution is 2.12. The van der Waals surface area contributed by atoms with Gasteiger partial charge in [0.2, 0.25) is 5.91 Å². The van der Waals surface area contributed by atoms with E-state index in [4.69, 9.17) is 0 Å². The summed E-state index contributed by atoms with van der Waals surface area (Å²) in [6.45, 7) is 1.54. The van der Waals surface area contributed by atoms with Gasteiger partial charge in [-0.2, -0.15) is 0 Å². The van der Waals surface area contributed by atoms with Crippen LogP contribution in [0.1, 0.15) is 11.7 Å². The van der Waals surface area contributed by atoms with Gasteiger partial charge in [-0.1, -0.05) is 0 Å². The maximum absolute atomic E-state index is 11.1. The SMILES string of the molecule is CC(=O)n1ccc2cnccc21. The van der Waals surface area contributed by atoms with Crippen molar-refractivity contribution in [1.82, 2.24) is 9.55 Å². The van der Waals surface area contributed by atoms with Crippen molar-refractivity contribution in [1.29, 1.82) is 0 Å². The molecule has 3 heteroatoms. The number of aromatic nitrogens is 2. The zero-order valence-corrected chi connectivity index (χ0v) is 6.69. The van der Waals surface area contributed by atoms with Gasteiger partial charge in [-0.3, -0.25) is 14.3 Å². The quantitative estimate of drug-likeness (QED) is 0.587. The molecule has 2 aromatic rings. The van der Waals surface area contributed by atoms with Gasteiger partial charge in [-0.05, 0) is 12.1 Å². The number of hydrogen-bond acceptors (Lipinski definition) is 2. The Morgan fingerprint density at radius 3 is 3.08 bits per heavy atom. The van der Waals surface area contributed by atoms with Crippen LogP contribution in [0, 0.1) is 0 Å². The first-order valence-corrected chi connectivity index (χ1v) is 3.71. The van der Waals surface area contributed by atoms with Gasteiger partial charge in [-0.15, -0.1) is 0 Å². The molecule has 0 atom stereocenters. The summed E-state index contributed by atoms with van der Waals surface area (Å²) in [5, 5.41) is 0.993. The standard InChI is InChI=1S/C9H8N2O/c1-7(12)11-5-3-8-6-10-4-2-9(8)11/h2-6H,1H3. The lowest BCUT2D eigenvalue weighted by Crippen LogP contribution is -2.02. The van der Waals surface area contributed by atoms with Crippen molar-refractivity contribution in [3.8, 4) is 0 Å². The van der Waals surface area contributed by atoms with Crippen LogP contribution in [0.15, 0.2) is 30.7 Å². The molecule has 2 rings (SSSR count). The summed E-state index contributed by atoms with van der Waals surface area (Å²) in [5.74, 6) is 0.0243. The van der Waals surface area contributed by atoms with Gasteiger partial charge in [0.25, 0.3) is 0 Å². The van der Waals surface area contributed by atoms with Crippen molar-refractivity contribution in [3.63, 3.8) is 0 Å². The number of pyridine rings is 1. The fourth-order valence-corrected chi connectivity index (χ4v) is 1.26. The second-order valence-electron chi connectivity index (χ2n) is 2.64. The van der Waals surface area contributed by atoms with Gasteiger partial charge in [0, 0.05) is 30.9 Å². The van der Waals surface area contributed by atoms with Crippen molar-refractivity contribution in [3.05, 3.63) is 30.7 Å². The number of carbonyl (C=O) groups is 1. The van der Waals surface area contributed by atoms with Crippen LogP contribution >= 0.6 is 0 Å². The maximum Gasteiger partial charge on any atom is 0.227 e. The van der Waals surface area contributed by atoms with E-state index in [1.807, 2.05) is 12.1 Å². The molecule has 0 amide bonds. The molecule has 12 heavy (non-hydrogen) atoms. The Morgan fingerprint density at radius 1 is 1.50 bits per heavy atom. The van der Waals surface area contributed by atoms with Crippen LogP contribution in [-0.4, -0.2) is 15.5 Å². The van der Waals surface area contributed by atoms with Gasteiger partial charge in [0.15, 0.2) is 0 Å². The third-order valence-electron chi connectivity index (χ3n) is 1.83. The average Bonchev–Trinajstić information content (AvgIpc) is 2.47. The third kappa shape index (κ3) is 0.906. The van der Waals surface area contributed by atoms with Crippen LogP contribution in [0.4, 0.5) is 0 Å². The smallest absolute Gasteiger partial charge is 0.227 e. The molecule has 0 N–H and O–H groups in total. The monoisotopic (exact) mass is 160 g/mol. The number of fused-ring (bicyclic) bond motifs is 1. The highest BCUT2D eigenvalue weighted by Gasteiger charge is 2.02. The Kier molecular flexibility index (Phi) is 1.43. The highest BCUT2D eigenvalue weighted by atomic mass is 16.1. The van der Waals surface area contributed by atoms with E-state index in [2.05, 4.69) is 4.98 Å². The Balaban J connectivity index is 2.79. The van der Waals surface area contributed by atoms with E-state index in [0.29, 0.717) is 0 Å². The Morgan fingerprint density at radius 2 is 2.33 bits per heavy atom. The Labute approximate surface area is 69.6 Å². The largest absolute Gasteiger partial charge is 0.287 e. The lowest BCUT2D eigenvalue weighted by atomic mass is 10.3. The van der Waals surface area contributed by atoms with Gasteiger partial charge in [-0.25, -0.2) is 0 Å². The summed E-state index contributed by atoms with van der Waals surface area (Å²) in [5.41, 5.74) is 0.914. The predicted molar refractivity (Wildman–Crippen MR) is 46.0 cm³/mol. The molecule has 2 heterocycles. The molecule has 0 saturated carbocycles. The number of nitrogens with zero attached hydrogens (tertiary/aromatic N) is 2. The molecule has 0 bridgehead atoms. The molecule has 60 valence electrons. The number of rotatable bonds is 0. The normalized spacial score (nSPS) is 10.4. The summed E-state index contributed by atoms with van der Waals surface area (Å²) < 4.78 is 1.61. The summed E-state index contributed by atoms with van der Waals surface area (Å²) in [7, 11) is 0. The fraction of sp³-hybridized carbons (Fsp3) is 0.111. The molecule has 0 aliphatic carbocycles. The first-order chi connectivity index (χ1) is 5.79. The molecule has 0 aromatic carbocycles. The van der Waals surface area contributed by atoms with E-state index >= 15 is 0 Å². The molecule has 0 aliphatic heterocycles. The van der Waals surface area contributed by atoms with Gasteiger partial charge >= 0.3 is 0 Å². The highest BCUT2D eigenvalue weighted by molar-refractivity contribution is 5.90. The van der Waals surface area contributed by atoms with Crippen LogP contribution in [0.25, 0.3) is 10.9 Å². The van der Waals surface area contributed by atoms with Gasteiger partial charge in [0.1, 0.15) is 0 Å². The van der Waals surface area contributed by atoms with E-state index in [0.717, 1.165) is 10.9 Å². The van der Waals surface area contributed by atoms with Crippen molar-refractivity contribution in [2.45, 2.75) is 6.92 Å². The molecular weight excluding hydrogens is 152 g/mol. The number of hydrogen-bond donors (Lipinski definition) is 0. The van der Waals surface area contributed by atoms with Crippen molar-refractivity contribution in [2.24, 2.45) is 0 Å². The van der Waals surface area contributed by atoms with E-state index in [1.165, 1.54) is 0 Å². The average molecular weight is 160 g/mol. The maximum atomic E-state index is 11.1. The topological polar surface area (TPSA) is 34.9 Å². The third-order valence-corrected chi connectivity index (χ3v) is 1.83. The lowest BCUT2D eigenvalue weighted by molar-refractivity contribution is 0.0941. The van der Waals surface area contributed by atoms with Crippen LogP contribution < -0.4 is 0 Å². The molecule has 2 aromatic heterocycles. The van der Waals surface area contributed by atoms with Crippen molar-refractivity contribution >= 4 is 16.8 Å². The zero-order valence-electron chi connectivity index (χ0n) is 6.69. The zero-order chi connectivity index (χ0) is 8.55. The minimum absolute atomic E-state index is 0.0243. The van der Waals surface area contributed by atoms with Crippen LogP contribution in [0.3, 0.4) is 0 Å². The second-order valence-corrected chi connectivity index (χ2v) is 2.64. The fourth-order valence-electron chi connectivity index (χ4n) is 1.26. The second kappa shape index (κ2) is 2.44. The predicted octanol–water partition coefficient (Wildman–Crippen LogP) is 1.70. The van der Waals surface area contributed by atoms with Gasteiger partial charge in [0.05, 0.1) is 5.52 Å². The van der Waals surface area contributed by atoms with E-state index in [-0.39, 0.29) is 5.91 Å². The minimum Gasteiger partial charge on any atom is -0.287 e. The summed E-state index contributed by atoms with van der Waals surface area (Å²) in [6.07, 6.45) is 5.19. The molecule has 0 radical (unpaired) electrons. The summed E-state index contributed by atoms with van der Waals surface area (Å²) in [4.78, 5) is 15.0. The molecule has 0 saturated heterocycles. The molecule has 0 fully saturated rings. The number of carbonyl (C=O) groups excluding carboxylic acids is 1. The first-order valence-electron chi connectivity index (χ1n) is 3.71. The molecule has 0 spiro atoms. The molecule has 0 unspecified atom stereocenters. The van der Waals surface area contributed by atoms with E-state index in [1.54, 1.807) is 30.1 Å². The van der Waals surface area contributed by atoms with Crippen LogP contribution in [-0.2, 0) is 0 Å². The van der Waals surface area contributed by atoms with Crippen molar-refractivity contribution in [2.75, 3.05) is 0 Å². The summed E-state index contributed by atoms with van der Waals surface area (Å²) in [6, 6.07) is 3.71. The molecular formula is C9H8N2O. The van der Waals surface area contributed by atoms with Crippen LogP contribution in [0.5, 0.6) is 0 Å². The molecule has 3 nitrogen and oxygen atoms in total. The minimum atomic E-state index is 0.0243. The van der Waals surface area contributed by atoms with Gasteiger partial charge < -0.3 is 0 Å².